The predicted molar refractivity (Wildman–Crippen MR) is 75.6 cm³/mol. The van der Waals surface area contributed by atoms with E-state index in [-0.39, 0.29) is 0 Å². The summed E-state index contributed by atoms with van der Waals surface area (Å²) in [6, 6.07) is 0. The van der Waals surface area contributed by atoms with Gasteiger partial charge in [0, 0.05) is 0 Å². The number of ether oxygens (including phenoxy) is 4. The van der Waals surface area contributed by atoms with Crippen molar-refractivity contribution in [2.75, 3.05) is 13.2 Å². The third-order valence-corrected chi connectivity index (χ3v) is 3.94. The van der Waals surface area contributed by atoms with Crippen LogP contribution in [0.4, 0.5) is 0 Å². The highest BCUT2D eigenvalue weighted by atomic mass is 16.8. The zero-order valence-corrected chi connectivity index (χ0v) is 13.3. The van der Waals surface area contributed by atoms with Gasteiger partial charge in [0.05, 0.1) is 13.2 Å². The lowest BCUT2D eigenvalue weighted by molar-refractivity contribution is -0.230. The quantitative estimate of drug-likeness (QED) is 0.737. The molecule has 2 aliphatic rings. The summed E-state index contributed by atoms with van der Waals surface area (Å²) in [5.41, 5.74) is 2.31. The number of hydrogen-bond donors (Lipinski definition) is 2. The van der Waals surface area contributed by atoms with Crippen molar-refractivity contribution in [3.63, 3.8) is 0 Å². The van der Waals surface area contributed by atoms with Gasteiger partial charge in [-0.25, -0.2) is 0 Å². The van der Waals surface area contributed by atoms with E-state index in [4.69, 9.17) is 24.1 Å². The van der Waals surface area contributed by atoms with E-state index < -0.39 is 43.1 Å². The highest BCUT2D eigenvalue weighted by Crippen LogP contribution is 2.39. The van der Waals surface area contributed by atoms with Crippen molar-refractivity contribution in [3.05, 3.63) is 11.1 Å². The molecule has 0 bridgehead atoms. The molecule has 6 heteroatoms. The second-order valence-electron chi connectivity index (χ2n) is 6.38. The van der Waals surface area contributed by atoms with Gasteiger partial charge in [0.2, 0.25) is 0 Å². The standard InChI is InChI=1S/C15H26O6/c1-8(2)9(3)7-18-12-11(10(17)6-16)19-14-13(12)20-15(4,5)21-14/h10-14,16-17H,6-7H2,1-5H3/t10-,11-,12+,13-,14-/m1/s1. The average Bonchev–Trinajstić information content (AvgIpc) is 2.87. The highest BCUT2D eigenvalue weighted by molar-refractivity contribution is 5.07. The van der Waals surface area contributed by atoms with Crippen LogP contribution in [0, 0.1) is 0 Å². The Morgan fingerprint density at radius 1 is 1.24 bits per heavy atom. The van der Waals surface area contributed by atoms with E-state index in [0.29, 0.717) is 6.61 Å². The Hall–Kier alpha value is -0.500. The zero-order chi connectivity index (χ0) is 15.8. The molecule has 5 atom stereocenters. The van der Waals surface area contributed by atoms with E-state index in [1.54, 1.807) is 0 Å². The second-order valence-corrected chi connectivity index (χ2v) is 6.38. The Morgan fingerprint density at radius 3 is 2.48 bits per heavy atom. The highest BCUT2D eigenvalue weighted by Gasteiger charge is 2.56. The lowest BCUT2D eigenvalue weighted by atomic mass is 10.1. The maximum absolute atomic E-state index is 9.91. The summed E-state index contributed by atoms with van der Waals surface area (Å²) in [6.07, 6.45) is -3.15. The summed E-state index contributed by atoms with van der Waals surface area (Å²) in [4.78, 5) is 0. The number of aliphatic hydroxyl groups excluding tert-OH is 2. The van der Waals surface area contributed by atoms with Crippen molar-refractivity contribution in [1.29, 1.82) is 0 Å². The number of hydrogen-bond acceptors (Lipinski definition) is 6. The van der Waals surface area contributed by atoms with E-state index in [1.807, 2.05) is 34.6 Å². The molecular formula is C15H26O6. The monoisotopic (exact) mass is 302 g/mol. The first-order valence-corrected chi connectivity index (χ1v) is 7.29. The Balaban J connectivity index is 2.10. The smallest absolute Gasteiger partial charge is 0.190 e. The first-order valence-electron chi connectivity index (χ1n) is 7.29. The molecule has 0 aromatic heterocycles. The summed E-state index contributed by atoms with van der Waals surface area (Å²) in [7, 11) is 0. The molecule has 0 amide bonds. The van der Waals surface area contributed by atoms with E-state index in [0.717, 1.165) is 5.57 Å². The van der Waals surface area contributed by atoms with Crippen molar-refractivity contribution in [1.82, 2.24) is 0 Å². The molecule has 0 aromatic carbocycles. The van der Waals surface area contributed by atoms with E-state index in [1.165, 1.54) is 5.57 Å². The third-order valence-electron chi connectivity index (χ3n) is 3.94. The van der Waals surface area contributed by atoms with Crippen LogP contribution in [0.15, 0.2) is 11.1 Å². The molecule has 2 heterocycles. The fourth-order valence-corrected chi connectivity index (χ4v) is 2.47. The van der Waals surface area contributed by atoms with Gasteiger partial charge in [-0.3, -0.25) is 0 Å². The van der Waals surface area contributed by atoms with E-state index in [2.05, 4.69) is 0 Å². The maximum atomic E-state index is 9.91. The van der Waals surface area contributed by atoms with Crippen molar-refractivity contribution in [2.45, 2.75) is 71.1 Å². The first-order chi connectivity index (χ1) is 9.75. The molecule has 0 radical (unpaired) electrons. The molecule has 2 rings (SSSR count). The fraction of sp³-hybridized carbons (Fsp3) is 0.867. The molecule has 0 aromatic rings. The second kappa shape index (κ2) is 6.32. The molecule has 0 saturated carbocycles. The number of fused-ring (bicyclic) bond motifs is 1. The minimum Gasteiger partial charge on any atom is -0.394 e. The largest absolute Gasteiger partial charge is 0.394 e. The van der Waals surface area contributed by atoms with Gasteiger partial charge < -0.3 is 29.2 Å². The molecule has 2 fully saturated rings. The van der Waals surface area contributed by atoms with Crippen LogP contribution in [-0.4, -0.2) is 59.9 Å². The lowest BCUT2D eigenvalue weighted by Crippen LogP contribution is -2.44. The Bertz CT molecular complexity index is 401. The Morgan fingerprint density at radius 2 is 1.90 bits per heavy atom. The van der Waals surface area contributed by atoms with Gasteiger partial charge in [-0.05, 0) is 40.2 Å². The van der Waals surface area contributed by atoms with E-state index in [9.17, 15) is 5.11 Å². The lowest BCUT2D eigenvalue weighted by Gasteiger charge is -2.28. The van der Waals surface area contributed by atoms with Crippen molar-refractivity contribution < 1.29 is 29.2 Å². The molecule has 0 spiro atoms. The molecule has 21 heavy (non-hydrogen) atoms. The number of aliphatic hydroxyl groups is 2. The topological polar surface area (TPSA) is 77.4 Å². The maximum Gasteiger partial charge on any atom is 0.190 e. The van der Waals surface area contributed by atoms with Crippen LogP contribution in [0.5, 0.6) is 0 Å². The molecule has 2 aliphatic heterocycles. The van der Waals surface area contributed by atoms with Gasteiger partial charge in [0.25, 0.3) is 0 Å². The third kappa shape index (κ3) is 3.64. The zero-order valence-electron chi connectivity index (χ0n) is 13.3. The van der Waals surface area contributed by atoms with E-state index >= 15 is 0 Å². The molecule has 0 aliphatic carbocycles. The summed E-state index contributed by atoms with van der Waals surface area (Å²) in [5, 5.41) is 19.1. The average molecular weight is 302 g/mol. The van der Waals surface area contributed by atoms with Crippen LogP contribution in [0.1, 0.15) is 34.6 Å². The van der Waals surface area contributed by atoms with Crippen LogP contribution in [-0.2, 0) is 18.9 Å². The Kier molecular flexibility index (Phi) is 5.07. The molecule has 6 nitrogen and oxygen atoms in total. The van der Waals surface area contributed by atoms with Gasteiger partial charge in [-0.2, -0.15) is 0 Å². The molecule has 2 N–H and O–H groups in total. The molecule has 2 saturated heterocycles. The van der Waals surface area contributed by atoms with Crippen LogP contribution >= 0.6 is 0 Å². The first kappa shape index (κ1) is 16.9. The normalized spacial score (nSPS) is 35.6. The summed E-state index contributed by atoms with van der Waals surface area (Å²) in [6.45, 7) is 9.69. The minimum absolute atomic E-state index is 0.394. The van der Waals surface area contributed by atoms with Gasteiger partial charge in [-0.15, -0.1) is 0 Å². The predicted octanol–water partition coefficient (Wildman–Crippen LogP) is 0.958. The van der Waals surface area contributed by atoms with Crippen LogP contribution in [0.25, 0.3) is 0 Å². The van der Waals surface area contributed by atoms with Crippen LogP contribution in [0.2, 0.25) is 0 Å². The minimum atomic E-state index is -1.03. The van der Waals surface area contributed by atoms with Gasteiger partial charge in [-0.1, -0.05) is 5.57 Å². The van der Waals surface area contributed by atoms with Crippen molar-refractivity contribution in [2.24, 2.45) is 0 Å². The molecule has 122 valence electrons. The SMILES string of the molecule is CC(C)=C(C)CO[C@@H]1[C@H]2OC(C)(C)O[C@H]2O[C@@H]1[C@H](O)CO. The number of allylic oxidation sites excluding steroid dienone is 1. The summed E-state index contributed by atoms with van der Waals surface area (Å²) >= 11 is 0. The molecule has 0 unspecified atom stereocenters. The van der Waals surface area contributed by atoms with Crippen molar-refractivity contribution >= 4 is 0 Å². The van der Waals surface area contributed by atoms with Gasteiger partial charge >= 0.3 is 0 Å². The van der Waals surface area contributed by atoms with Gasteiger partial charge in [0.1, 0.15) is 24.4 Å². The van der Waals surface area contributed by atoms with Crippen LogP contribution < -0.4 is 0 Å². The van der Waals surface area contributed by atoms with Crippen LogP contribution in [0.3, 0.4) is 0 Å². The number of rotatable bonds is 5. The fourth-order valence-electron chi connectivity index (χ4n) is 2.47. The summed E-state index contributed by atoms with van der Waals surface area (Å²) < 4.78 is 23.1. The molecular weight excluding hydrogens is 276 g/mol. The van der Waals surface area contributed by atoms with Gasteiger partial charge in [0.15, 0.2) is 12.1 Å². The van der Waals surface area contributed by atoms with Crippen molar-refractivity contribution in [3.8, 4) is 0 Å². The summed E-state index contributed by atoms with van der Waals surface area (Å²) in [5.74, 6) is -0.738. The Labute approximate surface area is 125 Å².